The van der Waals surface area contributed by atoms with Gasteiger partial charge in [0.05, 0.1) is 11.4 Å². The first kappa shape index (κ1) is 12.6. The highest BCUT2D eigenvalue weighted by molar-refractivity contribution is 7.80. The van der Waals surface area contributed by atoms with Gasteiger partial charge in [0.25, 0.3) is 0 Å². The molecule has 0 fully saturated rings. The van der Waals surface area contributed by atoms with Gasteiger partial charge in [-0.2, -0.15) is 18.6 Å². The van der Waals surface area contributed by atoms with Gasteiger partial charge >= 0.3 is 10.4 Å². The molecule has 4 N–H and O–H groups in total. The highest BCUT2D eigenvalue weighted by Crippen LogP contribution is 1.70. The molecule has 0 heterocycles. The fraction of sp³-hybridized carbons (Fsp3) is 0. The summed E-state index contributed by atoms with van der Waals surface area (Å²) in [7, 11) is -4.38. The Balaban J connectivity index is 0. The van der Waals surface area contributed by atoms with Gasteiger partial charge in [-0.3, -0.25) is 4.55 Å². The predicted molar refractivity (Wildman–Crippen MR) is 28.4 cm³/mol. The fourth-order valence-corrected chi connectivity index (χ4v) is 0. The number of nitrogens with two attached hydrogens (primary N) is 1. The normalized spacial score (nSPS) is 13.2. The first-order valence-electron chi connectivity index (χ1n) is 1.43. The molecule has 0 aliphatic heterocycles. The van der Waals surface area contributed by atoms with E-state index in [2.05, 4.69) is 10.2 Å². The Hall–Kier alpha value is -0.100. The smallest absolute Gasteiger partial charge is 0.413 e. The van der Waals surface area contributed by atoms with Crippen molar-refractivity contribution in [3.05, 3.63) is 0 Å². The third-order valence-electron chi connectivity index (χ3n) is 0.122. The maximum absolute atomic E-state index is 9.21. The monoisotopic (exact) mass is 194 g/mol. The Morgan fingerprint density at radius 3 is 1.70 bits per heavy atom. The van der Waals surface area contributed by atoms with Crippen molar-refractivity contribution >= 4 is 21.8 Å². The van der Waals surface area contributed by atoms with Crippen LogP contribution in [0.1, 0.15) is 0 Å². The zero-order valence-electron chi connectivity index (χ0n) is 4.33. The van der Waals surface area contributed by atoms with Crippen LogP contribution in [0.5, 0.6) is 0 Å². The third-order valence-corrected chi connectivity index (χ3v) is 0.365. The largest absolute Gasteiger partial charge is 0.750 e. The third kappa shape index (κ3) is 44.7. The second-order valence-corrected chi connectivity index (χ2v) is 2.22. The molecule has 0 aromatic rings. The Kier molecular flexibility index (Phi) is 7.12. The summed E-state index contributed by atoms with van der Waals surface area (Å²) in [4.78, 5) is 0. The molecule has 1 unspecified atom stereocenters. The minimum atomic E-state index is -4.38. The van der Waals surface area contributed by atoms with E-state index in [9.17, 15) is 8.42 Å². The first-order valence-corrected chi connectivity index (χ1v) is 3.83. The van der Waals surface area contributed by atoms with Gasteiger partial charge in [-0.15, -0.1) is 0 Å². The number of rotatable bonds is 1. The predicted octanol–water partition coefficient (Wildman–Crippen LogP) is -1.98. The van der Waals surface area contributed by atoms with Crippen LogP contribution in [-0.2, 0) is 26.0 Å². The van der Waals surface area contributed by atoms with Gasteiger partial charge in [-0.05, 0) is 0 Å². The molecule has 0 radical (unpaired) electrons. The molecule has 0 aliphatic carbocycles. The molecule has 0 aromatic carbocycles. The molecular formula is H4NO7S2-. The summed E-state index contributed by atoms with van der Waals surface area (Å²) in [5.74, 6) is 3.97. The van der Waals surface area contributed by atoms with Gasteiger partial charge in [0, 0.05) is 0 Å². The molecule has 10 heavy (non-hydrogen) atoms. The van der Waals surface area contributed by atoms with Crippen molar-refractivity contribution in [2.45, 2.75) is 0 Å². The topological polar surface area (TPSA) is 150 Å². The van der Waals surface area contributed by atoms with Crippen molar-refractivity contribution in [1.82, 2.24) is 0 Å². The van der Waals surface area contributed by atoms with Gasteiger partial charge in [0.1, 0.15) is 0 Å². The first-order chi connectivity index (χ1) is 4.29. The van der Waals surface area contributed by atoms with Crippen LogP contribution in [0.4, 0.5) is 0 Å². The summed E-state index contributed by atoms with van der Waals surface area (Å²) in [6, 6.07) is 0. The van der Waals surface area contributed by atoms with Crippen molar-refractivity contribution in [2.24, 2.45) is 5.90 Å². The zero-order chi connectivity index (χ0) is 8.78. The maximum Gasteiger partial charge on any atom is 0.413 e. The lowest BCUT2D eigenvalue weighted by Gasteiger charge is -1.83. The molecular weight excluding hydrogens is 190 g/mol. The van der Waals surface area contributed by atoms with Gasteiger partial charge in [-0.25, -0.2) is 4.21 Å². The molecule has 0 saturated carbocycles. The van der Waals surface area contributed by atoms with Gasteiger partial charge in [-0.1, -0.05) is 0 Å². The van der Waals surface area contributed by atoms with Crippen molar-refractivity contribution in [3.63, 3.8) is 0 Å². The second kappa shape index (κ2) is 5.67. The molecule has 0 amide bonds. The van der Waals surface area contributed by atoms with Gasteiger partial charge in [0.15, 0.2) is 0 Å². The average Bonchev–Trinajstić information content (AvgIpc) is 1.63. The van der Waals surface area contributed by atoms with E-state index in [1.165, 1.54) is 0 Å². The van der Waals surface area contributed by atoms with Crippen LogP contribution in [0.3, 0.4) is 0 Å². The maximum atomic E-state index is 9.21. The van der Waals surface area contributed by atoms with E-state index in [0.717, 1.165) is 0 Å². The lowest BCUT2D eigenvalue weighted by molar-refractivity contribution is 0.277. The van der Waals surface area contributed by atoms with E-state index in [4.69, 9.17) is 17.9 Å². The fourth-order valence-electron chi connectivity index (χ4n) is 0. The summed E-state index contributed by atoms with van der Waals surface area (Å²) in [5.41, 5.74) is 0. The molecule has 0 bridgehead atoms. The standard InChI is InChI=1S/H3NO4S.H2O3S/c1-5-6(2,3)4;1-4(2)3/h1H2,(H,2,3,4);(H2,1,2,3)/p-1. The summed E-state index contributed by atoms with van der Waals surface area (Å²) in [6.45, 7) is 0. The van der Waals surface area contributed by atoms with Crippen molar-refractivity contribution in [1.29, 1.82) is 0 Å². The molecule has 8 nitrogen and oxygen atoms in total. The van der Waals surface area contributed by atoms with Crippen LogP contribution in [0.25, 0.3) is 0 Å². The molecule has 0 spiro atoms. The summed E-state index contributed by atoms with van der Waals surface area (Å²) >= 11 is -2.86. The van der Waals surface area contributed by atoms with E-state index in [0.29, 0.717) is 0 Å². The van der Waals surface area contributed by atoms with Crippen LogP contribution in [0.2, 0.25) is 0 Å². The van der Waals surface area contributed by atoms with Crippen molar-refractivity contribution in [2.75, 3.05) is 0 Å². The summed E-state index contributed by atoms with van der Waals surface area (Å²) in [5, 5.41) is 0. The Labute approximate surface area is 59.0 Å². The Morgan fingerprint density at radius 2 is 1.70 bits per heavy atom. The van der Waals surface area contributed by atoms with E-state index in [-0.39, 0.29) is 0 Å². The van der Waals surface area contributed by atoms with Crippen LogP contribution in [0.15, 0.2) is 0 Å². The second-order valence-electron chi connectivity index (χ2n) is 0.741. The number of hydrogen-bond donors (Lipinski definition) is 3. The minimum Gasteiger partial charge on any atom is -0.750 e. The lowest BCUT2D eigenvalue weighted by Crippen LogP contribution is -2.08. The minimum absolute atomic E-state index is 2.86. The molecule has 0 aromatic heterocycles. The van der Waals surface area contributed by atoms with Gasteiger partial charge < -0.3 is 9.11 Å². The van der Waals surface area contributed by atoms with Crippen LogP contribution in [-0.4, -0.2) is 26.3 Å². The quantitative estimate of drug-likeness (QED) is 0.247. The van der Waals surface area contributed by atoms with Crippen molar-refractivity contribution < 1.29 is 30.6 Å². The zero-order valence-corrected chi connectivity index (χ0v) is 5.96. The average molecular weight is 194 g/mol. The summed E-state index contributed by atoms with van der Waals surface area (Å²) < 4.78 is 52.9. The van der Waals surface area contributed by atoms with E-state index < -0.39 is 21.8 Å². The molecule has 0 aliphatic rings. The highest BCUT2D eigenvalue weighted by Gasteiger charge is 1.95. The molecule has 64 valence electrons. The van der Waals surface area contributed by atoms with Crippen LogP contribution >= 0.6 is 0 Å². The van der Waals surface area contributed by atoms with E-state index >= 15 is 0 Å². The van der Waals surface area contributed by atoms with Crippen LogP contribution in [0, 0.1) is 0 Å². The van der Waals surface area contributed by atoms with Crippen molar-refractivity contribution in [3.8, 4) is 0 Å². The Morgan fingerprint density at radius 1 is 1.60 bits per heavy atom. The van der Waals surface area contributed by atoms with Gasteiger partial charge in [0.2, 0.25) is 0 Å². The molecule has 1 atom stereocenters. The molecule has 0 rings (SSSR count). The van der Waals surface area contributed by atoms with E-state index in [1.54, 1.807) is 0 Å². The Bertz CT molecular complexity index is 174. The molecule has 10 heteroatoms. The van der Waals surface area contributed by atoms with E-state index in [1.807, 2.05) is 0 Å². The number of hydrogen-bond acceptors (Lipinski definition) is 6. The summed E-state index contributed by atoms with van der Waals surface area (Å²) in [6.07, 6.45) is 0. The lowest BCUT2D eigenvalue weighted by atomic mass is 13.6. The van der Waals surface area contributed by atoms with Crippen LogP contribution < -0.4 is 5.90 Å². The molecule has 0 saturated heterocycles. The SMILES string of the molecule is NOS(=O)(=O)O.O=S([O-])O. The highest BCUT2D eigenvalue weighted by atomic mass is 32.3.